The van der Waals surface area contributed by atoms with E-state index in [1.807, 2.05) is 25.2 Å². The highest BCUT2D eigenvalue weighted by molar-refractivity contribution is 5.42. The van der Waals surface area contributed by atoms with Crippen LogP contribution in [0.3, 0.4) is 0 Å². The number of hydrogen-bond acceptors (Lipinski definition) is 3. The van der Waals surface area contributed by atoms with Crippen LogP contribution in [0, 0.1) is 0 Å². The van der Waals surface area contributed by atoms with Gasteiger partial charge in [0, 0.05) is 5.56 Å². The Balaban J connectivity index is 2.74. The predicted molar refractivity (Wildman–Crippen MR) is 62.1 cm³/mol. The van der Waals surface area contributed by atoms with Crippen molar-refractivity contribution < 1.29 is 19.5 Å². The largest absolute Gasteiger partial charge is 0.493 e. The second kappa shape index (κ2) is 6.35. The molecule has 0 heterocycles. The van der Waals surface area contributed by atoms with Crippen LogP contribution >= 0.6 is 0 Å². The van der Waals surface area contributed by atoms with E-state index in [1.54, 1.807) is 14.2 Å². The van der Waals surface area contributed by atoms with Crippen molar-refractivity contribution >= 4 is 0 Å². The molecule has 0 aliphatic heterocycles. The van der Waals surface area contributed by atoms with Gasteiger partial charge in [0.05, 0.1) is 27.9 Å². The highest BCUT2D eigenvalue weighted by Gasteiger charge is 2.07. The Morgan fingerprint density at radius 2 is 1.88 bits per heavy atom. The summed E-state index contributed by atoms with van der Waals surface area (Å²) in [5.74, 6) is 1.49. The fourth-order valence-corrected chi connectivity index (χ4v) is 1.62. The molecule has 16 heavy (non-hydrogen) atoms. The Hall–Kier alpha value is -1.26. The van der Waals surface area contributed by atoms with Crippen molar-refractivity contribution in [1.29, 1.82) is 0 Å². The monoisotopic (exact) mass is 226 g/mol. The first kappa shape index (κ1) is 12.8. The van der Waals surface area contributed by atoms with Gasteiger partial charge in [-0.15, -0.1) is 0 Å². The van der Waals surface area contributed by atoms with E-state index in [4.69, 9.17) is 14.6 Å². The Kier molecular flexibility index (Phi) is 5.08. The number of ether oxygens (including phenoxy) is 2. The summed E-state index contributed by atoms with van der Waals surface area (Å²) in [6.45, 7) is 1.81. The molecule has 1 atom stereocenters. The fourth-order valence-electron chi connectivity index (χ4n) is 1.62. The maximum Gasteiger partial charge on any atom is 0.161 e. The number of methoxy groups -OCH3 is 2. The minimum absolute atomic E-state index is 0.207. The summed E-state index contributed by atoms with van der Waals surface area (Å²) < 4.78 is 10.4. The van der Waals surface area contributed by atoms with Crippen LogP contribution in [0.4, 0.5) is 0 Å². The highest BCUT2D eigenvalue weighted by Crippen LogP contribution is 2.27. The van der Waals surface area contributed by atoms with E-state index >= 15 is 0 Å². The molecule has 1 rings (SSSR count). The molecule has 0 saturated carbocycles. The van der Waals surface area contributed by atoms with Crippen LogP contribution in [-0.2, 0) is 6.54 Å². The molecule has 0 aliphatic rings. The summed E-state index contributed by atoms with van der Waals surface area (Å²) in [5.41, 5.74) is 1.17. The lowest BCUT2D eigenvalue weighted by Gasteiger charge is -2.14. The van der Waals surface area contributed by atoms with Gasteiger partial charge < -0.3 is 19.5 Å². The predicted octanol–water partition coefficient (Wildman–Crippen LogP) is -0.289. The third-order valence-corrected chi connectivity index (χ3v) is 2.49. The first-order chi connectivity index (χ1) is 7.71. The van der Waals surface area contributed by atoms with Crippen LogP contribution in [0.5, 0.6) is 11.5 Å². The van der Waals surface area contributed by atoms with Crippen LogP contribution in [0.15, 0.2) is 18.2 Å². The van der Waals surface area contributed by atoms with Crippen LogP contribution in [-0.4, -0.2) is 39.5 Å². The smallest absolute Gasteiger partial charge is 0.161 e. The molecule has 2 N–H and O–H groups in total. The molecule has 0 saturated heterocycles. The molecule has 1 aromatic rings. The number of likely N-dealkylation sites (N-methyl/N-ethyl adjacent to an activating group) is 1. The molecule has 4 heteroatoms. The molecule has 0 aromatic heterocycles. The number of quaternary nitrogens is 1. The topological polar surface area (TPSA) is 43.1 Å². The maximum absolute atomic E-state index is 8.83. The zero-order chi connectivity index (χ0) is 12.0. The summed E-state index contributed by atoms with van der Waals surface area (Å²) >= 11 is 0. The molecule has 0 amide bonds. The standard InChI is InChI=1S/C12H19NO3/c1-13(6-7-14)9-10-4-5-11(15-2)12(8-10)16-3/h4-5,8,14H,6-7,9H2,1-3H3/p+1. The zero-order valence-corrected chi connectivity index (χ0v) is 10.1. The third-order valence-electron chi connectivity index (χ3n) is 2.49. The molecule has 4 nitrogen and oxygen atoms in total. The van der Waals surface area contributed by atoms with Crippen molar-refractivity contribution in [2.75, 3.05) is 34.4 Å². The van der Waals surface area contributed by atoms with Crippen LogP contribution in [0.2, 0.25) is 0 Å². The lowest BCUT2D eigenvalue weighted by atomic mass is 10.2. The summed E-state index contributed by atoms with van der Waals surface area (Å²) in [5, 5.41) is 8.83. The van der Waals surface area contributed by atoms with Crippen LogP contribution in [0.1, 0.15) is 5.56 Å². The first-order valence-electron chi connectivity index (χ1n) is 5.34. The Labute approximate surface area is 96.4 Å². The summed E-state index contributed by atoms with van der Waals surface area (Å²) in [6.07, 6.45) is 0. The second-order valence-corrected chi connectivity index (χ2v) is 3.80. The zero-order valence-electron chi connectivity index (χ0n) is 10.1. The Morgan fingerprint density at radius 3 is 2.44 bits per heavy atom. The highest BCUT2D eigenvalue weighted by atomic mass is 16.5. The Morgan fingerprint density at radius 1 is 1.19 bits per heavy atom. The molecule has 1 unspecified atom stereocenters. The van der Waals surface area contributed by atoms with E-state index in [9.17, 15) is 0 Å². The molecule has 1 aromatic carbocycles. The van der Waals surface area contributed by atoms with E-state index in [2.05, 4.69) is 0 Å². The number of aliphatic hydroxyl groups is 1. The maximum atomic E-state index is 8.83. The number of hydrogen-bond donors (Lipinski definition) is 2. The van der Waals surface area contributed by atoms with Gasteiger partial charge in [-0.05, 0) is 18.2 Å². The van der Waals surface area contributed by atoms with Gasteiger partial charge in [-0.1, -0.05) is 0 Å². The van der Waals surface area contributed by atoms with Crippen molar-refractivity contribution in [3.8, 4) is 11.5 Å². The van der Waals surface area contributed by atoms with Gasteiger partial charge in [0.1, 0.15) is 13.1 Å². The Bertz CT molecular complexity index is 328. The van der Waals surface area contributed by atoms with E-state index in [0.29, 0.717) is 0 Å². The van der Waals surface area contributed by atoms with Crippen molar-refractivity contribution in [2.45, 2.75) is 6.54 Å². The average Bonchev–Trinajstić information content (AvgIpc) is 2.29. The minimum Gasteiger partial charge on any atom is -0.493 e. The normalized spacial score (nSPS) is 12.2. The van der Waals surface area contributed by atoms with Crippen molar-refractivity contribution in [3.05, 3.63) is 23.8 Å². The quantitative estimate of drug-likeness (QED) is 0.700. The molecule has 0 fully saturated rings. The van der Waals surface area contributed by atoms with Gasteiger partial charge in [-0.2, -0.15) is 0 Å². The fraction of sp³-hybridized carbons (Fsp3) is 0.500. The van der Waals surface area contributed by atoms with Gasteiger partial charge in [0.2, 0.25) is 0 Å². The van der Waals surface area contributed by atoms with E-state index in [1.165, 1.54) is 10.5 Å². The summed E-state index contributed by atoms with van der Waals surface area (Å²) in [4.78, 5) is 1.26. The second-order valence-electron chi connectivity index (χ2n) is 3.80. The molecule has 0 radical (unpaired) electrons. The third kappa shape index (κ3) is 3.40. The lowest BCUT2D eigenvalue weighted by molar-refractivity contribution is -0.894. The number of benzene rings is 1. The first-order valence-corrected chi connectivity index (χ1v) is 5.34. The van der Waals surface area contributed by atoms with Crippen molar-refractivity contribution in [2.24, 2.45) is 0 Å². The SMILES string of the molecule is COc1ccc(C[NH+](C)CCO)cc1OC. The molecule has 90 valence electrons. The molecule has 0 spiro atoms. The van der Waals surface area contributed by atoms with Gasteiger partial charge in [0.25, 0.3) is 0 Å². The lowest BCUT2D eigenvalue weighted by Crippen LogP contribution is -3.08. The van der Waals surface area contributed by atoms with Crippen LogP contribution in [0.25, 0.3) is 0 Å². The summed E-state index contributed by atoms with van der Waals surface area (Å²) in [6, 6.07) is 5.89. The average molecular weight is 226 g/mol. The minimum atomic E-state index is 0.207. The number of rotatable bonds is 6. The molecule has 0 aliphatic carbocycles. The van der Waals surface area contributed by atoms with Crippen LogP contribution < -0.4 is 14.4 Å². The van der Waals surface area contributed by atoms with E-state index < -0.39 is 0 Å². The van der Waals surface area contributed by atoms with Crippen molar-refractivity contribution in [1.82, 2.24) is 0 Å². The molecular weight excluding hydrogens is 206 g/mol. The summed E-state index contributed by atoms with van der Waals surface area (Å²) in [7, 11) is 5.31. The van der Waals surface area contributed by atoms with E-state index in [-0.39, 0.29) is 6.61 Å². The van der Waals surface area contributed by atoms with Gasteiger partial charge in [-0.3, -0.25) is 0 Å². The van der Waals surface area contributed by atoms with E-state index in [0.717, 1.165) is 24.6 Å². The van der Waals surface area contributed by atoms with Crippen molar-refractivity contribution in [3.63, 3.8) is 0 Å². The van der Waals surface area contributed by atoms with Gasteiger partial charge in [0.15, 0.2) is 11.5 Å². The van der Waals surface area contributed by atoms with Gasteiger partial charge >= 0.3 is 0 Å². The van der Waals surface area contributed by atoms with Gasteiger partial charge in [-0.25, -0.2) is 0 Å². The number of nitrogens with one attached hydrogen (secondary N) is 1. The molecular formula is C12H20NO3+. The molecule has 0 bridgehead atoms. The number of aliphatic hydroxyl groups excluding tert-OH is 1.